The first kappa shape index (κ1) is 33.1. The van der Waals surface area contributed by atoms with E-state index in [1.165, 1.54) is 6.20 Å². The van der Waals surface area contributed by atoms with Crippen LogP contribution in [0, 0.1) is 0 Å². The molecule has 3 aromatic carbocycles. The number of fused-ring (bicyclic) bond motifs is 1. The van der Waals surface area contributed by atoms with Crippen molar-refractivity contribution in [3.63, 3.8) is 0 Å². The van der Waals surface area contributed by atoms with Gasteiger partial charge in [0.1, 0.15) is 5.60 Å². The van der Waals surface area contributed by atoms with Gasteiger partial charge in [0, 0.05) is 42.4 Å². The van der Waals surface area contributed by atoms with Gasteiger partial charge in [-0.15, -0.1) is 0 Å². The lowest BCUT2D eigenvalue weighted by atomic mass is 10.00. The van der Waals surface area contributed by atoms with E-state index in [1.807, 2.05) is 81.4 Å². The SMILES string of the molecule is CC(C)(C)OC(=O)CCCOCCOCCNC(=O)c1ccc(-c2ccc3ncc(C(N)=O)c(Nc4ccccc4)c3c2)cc1. The second kappa shape index (κ2) is 15.8. The summed E-state index contributed by atoms with van der Waals surface area (Å²) >= 11 is 0. The molecule has 236 valence electrons. The van der Waals surface area contributed by atoms with Crippen LogP contribution in [0.3, 0.4) is 0 Å². The van der Waals surface area contributed by atoms with E-state index in [2.05, 4.69) is 15.6 Å². The van der Waals surface area contributed by atoms with Gasteiger partial charge in [0.15, 0.2) is 0 Å². The Kier molecular flexibility index (Phi) is 11.6. The van der Waals surface area contributed by atoms with Gasteiger partial charge in [-0.25, -0.2) is 0 Å². The normalized spacial score (nSPS) is 11.3. The van der Waals surface area contributed by atoms with Crippen LogP contribution in [0.4, 0.5) is 11.4 Å². The molecule has 0 radical (unpaired) electrons. The maximum absolute atomic E-state index is 12.6. The number of nitrogens with two attached hydrogens (primary N) is 1. The molecule has 0 aliphatic rings. The van der Waals surface area contributed by atoms with Crippen LogP contribution in [0.2, 0.25) is 0 Å². The molecule has 1 aromatic heterocycles. The van der Waals surface area contributed by atoms with Crippen molar-refractivity contribution >= 4 is 40.1 Å². The molecular formula is C35H40N4O6. The van der Waals surface area contributed by atoms with E-state index in [0.717, 1.165) is 22.2 Å². The lowest BCUT2D eigenvalue weighted by molar-refractivity contribution is -0.155. The smallest absolute Gasteiger partial charge is 0.306 e. The first-order valence-corrected chi connectivity index (χ1v) is 14.9. The van der Waals surface area contributed by atoms with Crippen LogP contribution in [-0.2, 0) is 19.0 Å². The number of nitrogens with zero attached hydrogens (tertiary/aromatic N) is 1. The molecule has 0 saturated heterocycles. The molecule has 4 rings (SSSR count). The predicted molar refractivity (Wildman–Crippen MR) is 174 cm³/mol. The number of ether oxygens (including phenoxy) is 3. The largest absolute Gasteiger partial charge is 0.460 e. The quantitative estimate of drug-likeness (QED) is 0.116. The standard InChI is InChI=1S/C35H40N4O6/c1-35(2,3)45-31(40)10-7-18-43-20-21-44-19-17-37-34(42)25-13-11-24(12-14-25)26-15-16-30-28(22-26)32(29(23-38-30)33(36)41)39-27-8-5-4-6-9-27/h4-6,8-9,11-16,22-23H,7,10,17-21H2,1-3H3,(H2,36,41)(H,37,42)(H,38,39). The van der Waals surface area contributed by atoms with Crippen LogP contribution in [0.15, 0.2) is 79.0 Å². The fourth-order valence-electron chi connectivity index (χ4n) is 4.55. The third-order valence-electron chi connectivity index (χ3n) is 6.65. The predicted octanol–water partition coefficient (Wildman–Crippen LogP) is 5.63. The van der Waals surface area contributed by atoms with E-state index < -0.39 is 11.5 Å². The van der Waals surface area contributed by atoms with Crippen molar-refractivity contribution in [2.75, 3.05) is 38.3 Å². The maximum atomic E-state index is 12.6. The molecule has 0 bridgehead atoms. The molecule has 10 nitrogen and oxygen atoms in total. The highest BCUT2D eigenvalue weighted by Crippen LogP contribution is 2.32. The Hall–Kier alpha value is -4.80. The first-order chi connectivity index (χ1) is 21.6. The molecule has 10 heteroatoms. The molecule has 4 aromatic rings. The zero-order valence-electron chi connectivity index (χ0n) is 25.9. The number of anilines is 2. The summed E-state index contributed by atoms with van der Waals surface area (Å²) in [5.41, 5.74) is 9.93. The third-order valence-corrected chi connectivity index (χ3v) is 6.65. The van der Waals surface area contributed by atoms with E-state index in [0.29, 0.717) is 68.1 Å². The summed E-state index contributed by atoms with van der Waals surface area (Å²) in [6.07, 6.45) is 2.39. The summed E-state index contributed by atoms with van der Waals surface area (Å²) in [5, 5.41) is 6.93. The highest BCUT2D eigenvalue weighted by Gasteiger charge is 2.16. The number of hydrogen-bond donors (Lipinski definition) is 3. The lowest BCUT2D eigenvalue weighted by Crippen LogP contribution is -2.27. The van der Waals surface area contributed by atoms with Gasteiger partial charge in [-0.1, -0.05) is 36.4 Å². The van der Waals surface area contributed by atoms with Crippen LogP contribution in [0.1, 0.15) is 54.3 Å². The third kappa shape index (κ3) is 10.1. The summed E-state index contributed by atoms with van der Waals surface area (Å²) in [5.74, 6) is -1.01. The average Bonchev–Trinajstić information content (AvgIpc) is 3.01. The summed E-state index contributed by atoms with van der Waals surface area (Å²) in [4.78, 5) is 41.0. The van der Waals surface area contributed by atoms with Gasteiger partial charge in [0.25, 0.3) is 11.8 Å². The summed E-state index contributed by atoms with van der Waals surface area (Å²) < 4.78 is 16.3. The highest BCUT2D eigenvalue weighted by atomic mass is 16.6. The number of primary amides is 1. The number of amides is 2. The van der Waals surface area contributed by atoms with Crippen molar-refractivity contribution in [2.24, 2.45) is 5.73 Å². The minimum atomic E-state index is -0.575. The zero-order chi connectivity index (χ0) is 32.2. The highest BCUT2D eigenvalue weighted by molar-refractivity contribution is 6.08. The lowest BCUT2D eigenvalue weighted by Gasteiger charge is -2.19. The van der Waals surface area contributed by atoms with Gasteiger partial charge in [-0.2, -0.15) is 0 Å². The molecule has 0 aliphatic heterocycles. The summed E-state index contributed by atoms with van der Waals surface area (Å²) in [7, 11) is 0. The Labute approximate surface area is 263 Å². The minimum Gasteiger partial charge on any atom is -0.460 e. The monoisotopic (exact) mass is 612 g/mol. The van der Waals surface area contributed by atoms with Crippen LogP contribution in [0.5, 0.6) is 0 Å². The first-order valence-electron chi connectivity index (χ1n) is 14.9. The number of rotatable bonds is 15. The van der Waals surface area contributed by atoms with Crippen molar-refractivity contribution < 1.29 is 28.6 Å². The van der Waals surface area contributed by atoms with Gasteiger partial charge in [0.05, 0.1) is 36.6 Å². The Morgan fingerprint density at radius 1 is 0.844 bits per heavy atom. The summed E-state index contributed by atoms with van der Waals surface area (Å²) in [6, 6.07) is 22.6. The number of para-hydroxylation sites is 1. The average molecular weight is 613 g/mol. The van der Waals surface area contributed by atoms with E-state index in [1.54, 1.807) is 12.1 Å². The molecule has 0 unspecified atom stereocenters. The number of carbonyl (C=O) groups excluding carboxylic acids is 3. The van der Waals surface area contributed by atoms with Crippen molar-refractivity contribution in [3.8, 4) is 11.1 Å². The van der Waals surface area contributed by atoms with Gasteiger partial charge < -0.3 is 30.6 Å². The zero-order valence-corrected chi connectivity index (χ0v) is 25.9. The van der Waals surface area contributed by atoms with Gasteiger partial charge in [-0.3, -0.25) is 19.4 Å². The van der Waals surface area contributed by atoms with Crippen molar-refractivity contribution in [3.05, 3.63) is 90.1 Å². The second-order valence-corrected chi connectivity index (χ2v) is 11.4. The maximum Gasteiger partial charge on any atom is 0.306 e. The van der Waals surface area contributed by atoms with Crippen LogP contribution < -0.4 is 16.4 Å². The van der Waals surface area contributed by atoms with E-state index >= 15 is 0 Å². The van der Waals surface area contributed by atoms with Crippen LogP contribution >= 0.6 is 0 Å². The number of nitrogens with one attached hydrogen (secondary N) is 2. The van der Waals surface area contributed by atoms with Crippen molar-refractivity contribution in [2.45, 2.75) is 39.2 Å². The molecule has 0 fully saturated rings. The number of benzene rings is 3. The minimum absolute atomic E-state index is 0.202. The number of hydrogen-bond acceptors (Lipinski definition) is 8. The van der Waals surface area contributed by atoms with Gasteiger partial charge in [-0.05, 0) is 74.7 Å². The Morgan fingerprint density at radius 3 is 2.22 bits per heavy atom. The molecule has 0 saturated carbocycles. The number of pyridine rings is 1. The number of aromatic nitrogens is 1. The van der Waals surface area contributed by atoms with Gasteiger partial charge >= 0.3 is 5.97 Å². The molecule has 4 N–H and O–H groups in total. The second-order valence-electron chi connectivity index (χ2n) is 11.4. The molecule has 45 heavy (non-hydrogen) atoms. The fraction of sp³-hybridized carbons (Fsp3) is 0.314. The Balaban J connectivity index is 1.26. The van der Waals surface area contributed by atoms with Crippen LogP contribution in [0.25, 0.3) is 22.0 Å². The molecule has 2 amide bonds. The van der Waals surface area contributed by atoms with E-state index in [9.17, 15) is 14.4 Å². The Bertz CT molecular complexity index is 1600. The molecule has 0 aliphatic carbocycles. The van der Waals surface area contributed by atoms with Gasteiger partial charge in [0.2, 0.25) is 0 Å². The number of carbonyl (C=O) groups is 3. The van der Waals surface area contributed by atoms with Crippen molar-refractivity contribution in [1.29, 1.82) is 0 Å². The van der Waals surface area contributed by atoms with E-state index in [4.69, 9.17) is 19.9 Å². The van der Waals surface area contributed by atoms with E-state index in [-0.39, 0.29) is 11.9 Å². The molecule has 0 spiro atoms. The molecule has 0 atom stereocenters. The summed E-state index contributed by atoms with van der Waals surface area (Å²) in [6.45, 7) is 7.47. The van der Waals surface area contributed by atoms with Crippen LogP contribution in [-0.4, -0.2) is 61.3 Å². The topological polar surface area (TPSA) is 142 Å². The molecular weight excluding hydrogens is 572 g/mol. The molecule has 1 heterocycles. The fourth-order valence-corrected chi connectivity index (χ4v) is 4.55. The Morgan fingerprint density at radius 2 is 1.53 bits per heavy atom. The number of esters is 1. The van der Waals surface area contributed by atoms with Crippen molar-refractivity contribution in [1.82, 2.24) is 10.3 Å².